The Hall–Kier alpha value is -1.23. The van der Waals surface area contributed by atoms with Crippen LogP contribution in [0.15, 0.2) is 36.0 Å². The van der Waals surface area contributed by atoms with Crippen molar-refractivity contribution in [3.05, 3.63) is 45.9 Å². The van der Waals surface area contributed by atoms with Gasteiger partial charge >= 0.3 is 0 Å². The first-order valence-corrected chi connectivity index (χ1v) is 8.64. The Labute approximate surface area is 151 Å². The van der Waals surface area contributed by atoms with Crippen molar-refractivity contribution >= 4 is 46.2 Å². The van der Waals surface area contributed by atoms with E-state index in [0.717, 1.165) is 25.0 Å². The molecule has 0 aliphatic heterocycles. The first kappa shape index (κ1) is 18.1. The molecule has 0 saturated carbocycles. The second-order valence-electron chi connectivity index (χ2n) is 5.14. The van der Waals surface area contributed by atoms with Crippen LogP contribution in [0.4, 0.5) is 5.69 Å². The second-order valence-corrected chi connectivity index (χ2v) is 6.39. The van der Waals surface area contributed by atoms with Crippen molar-refractivity contribution in [2.45, 2.75) is 39.2 Å². The fourth-order valence-corrected chi connectivity index (χ4v) is 3.30. The summed E-state index contributed by atoms with van der Waals surface area (Å²) in [7, 11) is 0. The quantitative estimate of drug-likeness (QED) is 0.473. The van der Waals surface area contributed by atoms with E-state index in [1.807, 2.05) is 12.5 Å². The molecule has 0 aliphatic rings. The van der Waals surface area contributed by atoms with Gasteiger partial charge in [0.05, 0.1) is 33.8 Å². The largest absolute Gasteiger partial charge is 0.329 e. The van der Waals surface area contributed by atoms with E-state index in [1.165, 1.54) is 0 Å². The van der Waals surface area contributed by atoms with E-state index in [9.17, 15) is 0 Å². The predicted octanol–water partition coefficient (Wildman–Crippen LogP) is 6.06. The van der Waals surface area contributed by atoms with E-state index in [-0.39, 0.29) is 6.04 Å². The fraction of sp³-hybridized carbons (Fsp3) is 0.375. The number of nitrogens with zero attached hydrogens (tertiary/aromatic N) is 3. The maximum absolute atomic E-state index is 6.19. The van der Waals surface area contributed by atoms with Gasteiger partial charge in [-0.05, 0) is 25.0 Å². The zero-order valence-corrected chi connectivity index (χ0v) is 15.3. The van der Waals surface area contributed by atoms with Crippen molar-refractivity contribution in [1.29, 1.82) is 0 Å². The molecule has 1 N–H and O–H groups in total. The number of halogens is 3. The molecule has 23 heavy (non-hydrogen) atoms. The molecule has 124 valence electrons. The molecule has 4 nitrogen and oxygen atoms in total. The standard InChI is InChI=1S/C16H19Cl3N4/c1-3-5-14(15(4-2)23-7-6-20-10-23)21-22-16-12(18)8-11(17)9-13(16)19/h6-10,15,22H,3-5H2,1-2H3/b21-14+. The van der Waals surface area contributed by atoms with Crippen LogP contribution >= 0.6 is 34.8 Å². The first-order valence-electron chi connectivity index (χ1n) is 7.51. The molecule has 7 heteroatoms. The van der Waals surface area contributed by atoms with E-state index >= 15 is 0 Å². The molecule has 0 radical (unpaired) electrons. The van der Waals surface area contributed by atoms with Crippen molar-refractivity contribution < 1.29 is 0 Å². The van der Waals surface area contributed by atoms with Gasteiger partial charge in [0.1, 0.15) is 0 Å². The number of rotatable bonds is 7. The van der Waals surface area contributed by atoms with E-state index < -0.39 is 0 Å². The summed E-state index contributed by atoms with van der Waals surface area (Å²) in [5.41, 5.74) is 4.59. The summed E-state index contributed by atoms with van der Waals surface area (Å²) in [5.74, 6) is 0. The average molecular weight is 374 g/mol. The van der Waals surface area contributed by atoms with Gasteiger partial charge in [-0.2, -0.15) is 5.10 Å². The van der Waals surface area contributed by atoms with Gasteiger partial charge in [0, 0.05) is 17.4 Å². The Morgan fingerprint density at radius 2 is 1.96 bits per heavy atom. The monoisotopic (exact) mass is 372 g/mol. The smallest absolute Gasteiger partial charge is 0.0952 e. The van der Waals surface area contributed by atoms with Gasteiger partial charge in [-0.15, -0.1) is 0 Å². The van der Waals surface area contributed by atoms with Gasteiger partial charge in [0.15, 0.2) is 0 Å². The predicted molar refractivity (Wildman–Crippen MR) is 99.0 cm³/mol. The van der Waals surface area contributed by atoms with Gasteiger partial charge in [-0.1, -0.05) is 55.1 Å². The number of hydrazone groups is 1. The molecule has 2 rings (SSSR count). The molecule has 1 atom stereocenters. The Morgan fingerprint density at radius 1 is 1.26 bits per heavy atom. The third kappa shape index (κ3) is 4.63. The van der Waals surface area contributed by atoms with Crippen LogP contribution in [0.5, 0.6) is 0 Å². The molecule has 0 spiro atoms. The highest BCUT2D eigenvalue weighted by atomic mass is 35.5. The molecule has 0 fully saturated rings. The summed E-state index contributed by atoms with van der Waals surface area (Å²) in [6.45, 7) is 4.25. The Kier molecular flexibility index (Phi) is 6.75. The summed E-state index contributed by atoms with van der Waals surface area (Å²) < 4.78 is 2.06. The summed E-state index contributed by atoms with van der Waals surface area (Å²) in [5, 5.41) is 5.95. The second kappa shape index (κ2) is 8.57. The number of aromatic nitrogens is 2. The number of imidazole rings is 1. The van der Waals surface area contributed by atoms with Crippen molar-refractivity contribution in [2.75, 3.05) is 5.43 Å². The average Bonchev–Trinajstić information content (AvgIpc) is 3.01. The van der Waals surface area contributed by atoms with Crippen LogP contribution in [0.3, 0.4) is 0 Å². The van der Waals surface area contributed by atoms with Gasteiger partial charge in [-0.25, -0.2) is 4.98 Å². The van der Waals surface area contributed by atoms with Crippen LogP contribution in [-0.4, -0.2) is 15.3 Å². The molecular formula is C16H19Cl3N4. The summed E-state index contributed by atoms with van der Waals surface area (Å²) in [6, 6.07) is 3.42. The lowest BCUT2D eigenvalue weighted by Gasteiger charge is -2.19. The lowest BCUT2D eigenvalue weighted by atomic mass is 10.0. The summed E-state index contributed by atoms with van der Waals surface area (Å²) in [6.07, 6.45) is 8.30. The van der Waals surface area contributed by atoms with Crippen molar-refractivity contribution in [3.8, 4) is 0 Å². The van der Waals surface area contributed by atoms with Gasteiger partial charge in [-0.3, -0.25) is 5.43 Å². The molecular weight excluding hydrogens is 355 g/mol. The topological polar surface area (TPSA) is 42.2 Å². The summed E-state index contributed by atoms with van der Waals surface area (Å²) in [4.78, 5) is 4.12. The van der Waals surface area contributed by atoms with Crippen LogP contribution in [0, 0.1) is 0 Å². The third-order valence-corrected chi connectivity index (χ3v) is 4.29. The highest BCUT2D eigenvalue weighted by Gasteiger charge is 2.16. The van der Waals surface area contributed by atoms with Crippen molar-refractivity contribution in [3.63, 3.8) is 0 Å². The van der Waals surface area contributed by atoms with E-state index in [0.29, 0.717) is 20.8 Å². The highest BCUT2D eigenvalue weighted by Crippen LogP contribution is 2.33. The summed E-state index contributed by atoms with van der Waals surface area (Å²) >= 11 is 18.3. The first-order chi connectivity index (χ1) is 11.1. The lowest BCUT2D eigenvalue weighted by Crippen LogP contribution is -2.19. The molecule has 0 amide bonds. The minimum absolute atomic E-state index is 0.148. The fourth-order valence-electron chi connectivity index (χ4n) is 2.40. The molecule has 1 heterocycles. The maximum atomic E-state index is 6.19. The van der Waals surface area contributed by atoms with Crippen LogP contribution in [0.2, 0.25) is 15.1 Å². The molecule has 2 aromatic rings. The Balaban J connectivity index is 2.29. The number of benzene rings is 1. The molecule has 0 aliphatic carbocycles. The Bertz CT molecular complexity index is 645. The number of anilines is 1. The molecule has 1 aromatic carbocycles. The normalized spacial score (nSPS) is 13.2. The number of hydrogen-bond acceptors (Lipinski definition) is 3. The minimum atomic E-state index is 0.148. The minimum Gasteiger partial charge on any atom is -0.329 e. The van der Waals surface area contributed by atoms with Gasteiger partial charge in [0.25, 0.3) is 0 Å². The van der Waals surface area contributed by atoms with Gasteiger partial charge in [0.2, 0.25) is 0 Å². The lowest BCUT2D eigenvalue weighted by molar-refractivity contribution is 0.603. The van der Waals surface area contributed by atoms with Crippen molar-refractivity contribution in [2.24, 2.45) is 5.10 Å². The zero-order valence-electron chi connectivity index (χ0n) is 13.1. The molecule has 0 saturated heterocycles. The van der Waals surface area contributed by atoms with Crippen LogP contribution < -0.4 is 5.43 Å². The highest BCUT2D eigenvalue weighted by molar-refractivity contribution is 6.41. The van der Waals surface area contributed by atoms with Crippen LogP contribution in [-0.2, 0) is 0 Å². The van der Waals surface area contributed by atoms with Crippen LogP contribution in [0.1, 0.15) is 39.2 Å². The van der Waals surface area contributed by atoms with Crippen LogP contribution in [0.25, 0.3) is 0 Å². The molecule has 1 aromatic heterocycles. The number of nitrogens with one attached hydrogen (secondary N) is 1. The van der Waals surface area contributed by atoms with Gasteiger partial charge < -0.3 is 4.57 Å². The zero-order chi connectivity index (χ0) is 16.8. The van der Waals surface area contributed by atoms with E-state index in [4.69, 9.17) is 34.8 Å². The number of hydrogen-bond donors (Lipinski definition) is 1. The SMILES string of the molecule is CCC/C(=N\Nc1c(Cl)cc(Cl)cc1Cl)C(CC)n1ccnc1. The molecule has 1 unspecified atom stereocenters. The van der Waals surface area contributed by atoms with E-state index in [1.54, 1.807) is 18.3 Å². The third-order valence-electron chi connectivity index (χ3n) is 3.48. The maximum Gasteiger partial charge on any atom is 0.0952 e. The van der Waals surface area contributed by atoms with Crippen molar-refractivity contribution in [1.82, 2.24) is 9.55 Å². The Morgan fingerprint density at radius 3 is 2.48 bits per heavy atom. The molecule has 0 bridgehead atoms. The van der Waals surface area contributed by atoms with E-state index in [2.05, 4.69) is 33.9 Å².